The number of anilines is 1. The third kappa shape index (κ3) is 4.12. The van der Waals surface area contributed by atoms with Crippen LogP contribution >= 0.6 is 11.6 Å². The van der Waals surface area contributed by atoms with Crippen LogP contribution in [0.4, 0.5) is 14.5 Å². The molecule has 156 valence electrons. The molecule has 2 saturated heterocycles. The van der Waals surface area contributed by atoms with Crippen molar-refractivity contribution in [2.45, 2.75) is 31.2 Å². The molecule has 0 bridgehead atoms. The van der Waals surface area contributed by atoms with Gasteiger partial charge in [-0.15, -0.1) is 0 Å². The highest BCUT2D eigenvalue weighted by Crippen LogP contribution is 2.40. The highest BCUT2D eigenvalue weighted by molar-refractivity contribution is 7.86. The van der Waals surface area contributed by atoms with Crippen LogP contribution in [-0.4, -0.2) is 42.7 Å². The minimum absolute atomic E-state index is 0.182. The van der Waals surface area contributed by atoms with Crippen LogP contribution in [0.25, 0.3) is 0 Å². The first kappa shape index (κ1) is 20.5. The molecule has 9 heteroatoms. The second-order valence-corrected chi connectivity index (χ2v) is 9.61. The van der Waals surface area contributed by atoms with Crippen LogP contribution in [0.5, 0.6) is 0 Å². The van der Waals surface area contributed by atoms with Gasteiger partial charge in [0.05, 0.1) is 11.7 Å². The smallest absolute Gasteiger partial charge is 0.284 e. The van der Waals surface area contributed by atoms with Crippen LogP contribution in [0.2, 0.25) is 5.02 Å². The van der Waals surface area contributed by atoms with Crippen LogP contribution in [0.15, 0.2) is 54.6 Å². The fourth-order valence-corrected chi connectivity index (χ4v) is 5.71. The van der Waals surface area contributed by atoms with Gasteiger partial charge in [-0.2, -0.15) is 12.7 Å². The van der Waals surface area contributed by atoms with Crippen LogP contribution in [-0.2, 0) is 10.2 Å². The Balaban J connectivity index is 1.69. The van der Waals surface area contributed by atoms with Crippen molar-refractivity contribution in [2.24, 2.45) is 0 Å². The van der Waals surface area contributed by atoms with Crippen molar-refractivity contribution in [3.63, 3.8) is 0 Å². The Hall–Kier alpha value is -1.74. The number of nitrogens with zero attached hydrogens (tertiary/aromatic N) is 3. The highest BCUT2D eigenvalue weighted by atomic mass is 35.5. The van der Waals surface area contributed by atoms with E-state index in [0.29, 0.717) is 17.1 Å². The molecule has 2 aliphatic rings. The highest BCUT2D eigenvalue weighted by Gasteiger charge is 2.45. The van der Waals surface area contributed by atoms with E-state index in [1.54, 1.807) is 29.3 Å². The minimum atomic E-state index is -3.93. The molecule has 4 rings (SSSR count). The molecule has 0 aromatic heterocycles. The third-order valence-electron chi connectivity index (χ3n) is 5.45. The van der Waals surface area contributed by atoms with E-state index in [1.165, 1.54) is 8.72 Å². The molecule has 29 heavy (non-hydrogen) atoms. The first-order valence-corrected chi connectivity index (χ1v) is 11.3. The van der Waals surface area contributed by atoms with E-state index < -0.39 is 29.0 Å². The molecule has 0 radical (unpaired) electrons. The second kappa shape index (κ2) is 7.83. The van der Waals surface area contributed by atoms with Gasteiger partial charge in [0, 0.05) is 37.5 Å². The van der Waals surface area contributed by atoms with Crippen LogP contribution in [0.3, 0.4) is 0 Å². The average molecular weight is 442 g/mol. The average Bonchev–Trinajstić information content (AvgIpc) is 3.15. The molecule has 1 unspecified atom stereocenters. The van der Waals surface area contributed by atoms with E-state index in [-0.39, 0.29) is 25.7 Å². The molecule has 0 amide bonds. The van der Waals surface area contributed by atoms with E-state index in [4.69, 9.17) is 11.6 Å². The number of benzene rings is 2. The Morgan fingerprint density at radius 2 is 1.55 bits per heavy atom. The van der Waals surface area contributed by atoms with Gasteiger partial charge in [-0.3, -0.25) is 5.01 Å². The fourth-order valence-electron chi connectivity index (χ4n) is 3.91. The maximum absolute atomic E-state index is 13.5. The molecule has 2 aliphatic heterocycles. The summed E-state index contributed by atoms with van der Waals surface area (Å²) >= 11 is 6.02. The topological polar surface area (TPSA) is 43.9 Å². The standard InChI is InChI=1S/C20H22ClF2N3O2S/c21-17-6-8-18(9-7-17)26-19(16-4-2-1-3-5-16)10-13-25(26)29(27,28)24-14-11-20(22,23)12-15-24/h1-9,19H,10-15H2. The number of rotatable bonds is 4. The van der Waals surface area contributed by atoms with Gasteiger partial charge in [0.1, 0.15) is 0 Å². The monoisotopic (exact) mass is 441 g/mol. The number of hydrazine groups is 1. The zero-order chi connectivity index (χ0) is 20.6. The predicted octanol–water partition coefficient (Wildman–Crippen LogP) is 4.48. The van der Waals surface area contributed by atoms with Gasteiger partial charge in [-0.05, 0) is 36.2 Å². The van der Waals surface area contributed by atoms with Crippen molar-refractivity contribution in [1.29, 1.82) is 0 Å². The molecule has 0 N–H and O–H groups in total. The number of halogens is 3. The summed E-state index contributed by atoms with van der Waals surface area (Å²) in [5, 5.41) is 2.30. The maximum Gasteiger partial charge on any atom is 0.299 e. The summed E-state index contributed by atoms with van der Waals surface area (Å²) in [5.74, 6) is -2.81. The molecule has 0 saturated carbocycles. The normalized spacial score (nSPS) is 23.4. The van der Waals surface area contributed by atoms with Crippen molar-refractivity contribution in [3.8, 4) is 0 Å². The molecule has 2 aromatic carbocycles. The summed E-state index contributed by atoms with van der Waals surface area (Å²) in [4.78, 5) is 0. The molecule has 0 aliphatic carbocycles. The van der Waals surface area contributed by atoms with E-state index in [2.05, 4.69) is 0 Å². The Bertz CT molecular complexity index is 947. The summed E-state index contributed by atoms with van der Waals surface area (Å²) < 4.78 is 56.3. The Morgan fingerprint density at radius 1 is 0.931 bits per heavy atom. The Kier molecular flexibility index (Phi) is 5.54. The summed E-state index contributed by atoms with van der Waals surface area (Å²) in [6, 6.07) is 16.5. The molecule has 2 aromatic rings. The van der Waals surface area contributed by atoms with Crippen molar-refractivity contribution in [2.75, 3.05) is 24.6 Å². The van der Waals surface area contributed by atoms with Gasteiger partial charge in [-0.25, -0.2) is 8.78 Å². The van der Waals surface area contributed by atoms with Crippen molar-refractivity contribution < 1.29 is 17.2 Å². The van der Waals surface area contributed by atoms with E-state index in [1.807, 2.05) is 30.3 Å². The Labute approximate surface area is 174 Å². The molecule has 2 fully saturated rings. The van der Waals surface area contributed by atoms with Gasteiger partial charge in [-0.1, -0.05) is 46.3 Å². The minimum Gasteiger partial charge on any atom is -0.284 e. The van der Waals surface area contributed by atoms with Crippen molar-refractivity contribution in [3.05, 3.63) is 65.2 Å². The molecule has 5 nitrogen and oxygen atoms in total. The third-order valence-corrected chi connectivity index (χ3v) is 7.61. The molecular weight excluding hydrogens is 420 g/mol. The van der Waals surface area contributed by atoms with Crippen molar-refractivity contribution >= 4 is 27.5 Å². The SMILES string of the molecule is O=S(=O)(N1CCC(F)(F)CC1)N1CCC(c2ccccc2)N1c1ccc(Cl)cc1. The van der Waals surface area contributed by atoms with Gasteiger partial charge >= 0.3 is 0 Å². The quantitative estimate of drug-likeness (QED) is 0.702. The lowest BCUT2D eigenvalue weighted by molar-refractivity contribution is -0.0418. The summed E-state index contributed by atoms with van der Waals surface area (Å²) in [6.07, 6.45) is -0.317. The second-order valence-electron chi connectivity index (χ2n) is 7.34. The van der Waals surface area contributed by atoms with E-state index >= 15 is 0 Å². The Morgan fingerprint density at radius 3 is 2.17 bits per heavy atom. The molecule has 0 spiro atoms. The first-order chi connectivity index (χ1) is 13.8. The maximum atomic E-state index is 13.5. The molecule has 1 atom stereocenters. The largest absolute Gasteiger partial charge is 0.299 e. The molecule has 2 heterocycles. The van der Waals surface area contributed by atoms with E-state index in [9.17, 15) is 17.2 Å². The van der Waals surface area contributed by atoms with E-state index in [0.717, 1.165) is 5.56 Å². The zero-order valence-corrected chi connectivity index (χ0v) is 17.3. The molecular formula is C20H22ClF2N3O2S. The number of alkyl halides is 2. The summed E-state index contributed by atoms with van der Waals surface area (Å²) in [5.41, 5.74) is 1.68. The number of piperidine rings is 1. The van der Waals surface area contributed by atoms with Crippen LogP contribution < -0.4 is 5.01 Å². The number of hydrogen-bond acceptors (Lipinski definition) is 3. The predicted molar refractivity (Wildman–Crippen MR) is 109 cm³/mol. The van der Waals surface area contributed by atoms with Gasteiger partial charge in [0.2, 0.25) is 0 Å². The zero-order valence-electron chi connectivity index (χ0n) is 15.7. The summed E-state index contributed by atoms with van der Waals surface area (Å²) in [6.45, 7) is -0.0933. The van der Waals surface area contributed by atoms with Crippen LogP contribution in [0, 0.1) is 0 Å². The lowest BCUT2D eigenvalue weighted by Crippen LogP contribution is -2.53. The lowest BCUT2D eigenvalue weighted by atomic mass is 10.0. The fraction of sp³-hybridized carbons (Fsp3) is 0.400. The number of hydrogen-bond donors (Lipinski definition) is 0. The van der Waals surface area contributed by atoms with Gasteiger partial charge in [0.25, 0.3) is 16.1 Å². The van der Waals surface area contributed by atoms with Gasteiger partial charge < -0.3 is 0 Å². The lowest BCUT2D eigenvalue weighted by Gasteiger charge is -2.38. The summed E-state index contributed by atoms with van der Waals surface area (Å²) in [7, 11) is -3.93. The first-order valence-electron chi connectivity index (χ1n) is 9.53. The van der Waals surface area contributed by atoms with Gasteiger partial charge in [0.15, 0.2) is 0 Å². The van der Waals surface area contributed by atoms with Crippen LogP contribution in [0.1, 0.15) is 30.9 Å². The van der Waals surface area contributed by atoms with Crippen molar-refractivity contribution in [1.82, 2.24) is 8.72 Å².